The molecule has 0 radical (unpaired) electrons. The number of carbonyl (C=O) groups is 1. The molecule has 8 bridgehead atoms. The topological polar surface area (TPSA) is 104 Å². The van der Waals surface area contributed by atoms with E-state index in [0.29, 0.717) is 22.5 Å². The van der Waals surface area contributed by atoms with E-state index < -0.39 is 11.6 Å². The number of ether oxygens (including phenoxy) is 1. The van der Waals surface area contributed by atoms with Gasteiger partial charge in [-0.3, -0.25) is 0 Å². The molecule has 3 N–H and O–H groups in total. The number of benzene rings is 3. The molecule has 0 spiro atoms. The normalized spacial score (nSPS) is 13.3. The van der Waals surface area contributed by atoms with Crippen LogP contribution in [-0.4, -0.2) is 38.1 Å². The molecule has 3 aromatic carbocycles. The third-order valence-electron chi connectivity index (χ3n) is 9.23. The van der Waals surface area contributed by atoms with Crippen LogP contribution >= 0.6 is 0 Å². The van der Waals surface area contributed by atoms with E-state index in [1.807, 2.05) is 85.0 Å². The number of carboxylic acid groups (broad SMARTS) is 1. The second-order valence-corrected chi connectivity index (χ2v) is 12.1. The first-order chi connectivity index (χ1) is 23.9. The average Bonchev–Trinajstić information content (AvgIpc) is 3.97. The summed E-state index contributed by atoms with van der Waals surface area (Å²) in [5, 5.41) is 10.6. The fourth-order valence-corrected chi connectivity index (χ4v) is 6.73. The van der Waals surface area contributed by atoms with E-state index in [9.17, 15) is 9.90 Å². The van der Waals surface area contributed by atoms with Gasteiger partial charge >= 0.3 is 5.97 Å². The van der Waals surface area contributed by atoms with Gasteiger partial charge in [-0.15, -0.1) is 0 Å². The predicted octanol–water partition coefficient (Wildman–Crippen LogP) is 9.60. The van der Waals surface area contributed by atoms with E-state index in [1.165, 1.54) is 7.11 Å². The largest absolute Gasteiger partial charge is 0.479 e. The Balaban J connectivity index is 1.60. The van der Waals surface area contributed by atoms with Crippen molar-refractivity contribution in [3.63, 3.8) is 0 Å². The van der Waals surface area contributed by atoms with Crippen LogP contribution < -0.4 is 0 Å². The quantitative estimate of drug-likeness (QED) is 0.168. The summed E-state index contributed by atoms with van der Waals surface area (Å²) in [5.74, 6) is -1.13. The van der Waals surface area contributed by atoms with Gasteiger partial charge in [0.05, 0.1) is 22.8 Å². The summed E-state index contributed by atoms with van der Waals surface area (Å²) in [5.41, 5.74) is 10.3. The lowest BCUT2D eigenvalue weighted by atomic mass is 9.94. The number of hydrogen-bond donors (Lipinski definition) is 3. The number of rotatable bonds is 6. The summed E-state index contributed by atoms with van der Waals surface area (Å²) in [6, 6.07) is 38.4. The smallest absolute Gasteiger partial charge is 0.340 e. The van der Waals surface area contributed by atoms with Gasteiger partial charge in [-0.1, -0.05) is 91.0 Å². The highest BCUT2D eigenvalue weighted by atomic mass is 16.5. The van der Waals surface area contributed by atoms with Crippen molar-refractivity contribution in [2.45, 2.75) is 12.5 Å². The number of fused-ring (bicyclic) bond motifs is 8. The molecule has 7 heteroatoms. The molecule has 5 heterocycles. The van der Waals surface area contributed by atoms with Crippen molar-refractivity contribution >= 4 is 52.3 Å². The number of H-pyrrole nitrogens is 2. The summed E-state index contributed by atoms with van der Waals surface area (Å²) in [7, 11) is 1.41. The van der Waals surface area contributed by atoms with Crippen LogP contribution in [0.1, 0.15) is 35.3 Å². The standard InChI is InChI=1S/C42H32N4O3/c1-42(49-2,41(47)48)40-35-24-22-33(45-35)38(27-14-8-4-9-15-27)31-20-18-29(43-31)37(26-12-6-3-7-13-26)30-19-21-32(44-30)39(28-16-10-5-11-17-28)34-23-25-36(40)46-34/h3-25,43,46H,1-2H3,(H,47,48)/t42-/m1/s1. The monoisotopic (exact) mass is 640 g/mol. The number of methoxy groups -OCH3 is 1. The van der Waals surface area contributed by atoms with E-state index in [2.05, 4.69) is 64.6 Å². The van der Waals surface area contributed by atoms with Crippen molar-refractivity contribution in [3.8, 4) is 33.4 Å². The van der Waals surface area contributed by atoms with Gasteiger partial charge in [-0.05, 0) is 72.2 Å². The van der Waals surface area contributed by atoms with Crippen LogP contribution in [0.15, 0.2) is 115 Å². The van der Waals surface area contributed by atoms with Crippen molar-refractivity contribution in [2.75, 3.05) is 7.11 Å². The van der Waals surface area contributed by atoms with E-state index >= 15 is 0 Å². The van der Waals surface area contributed by atoms with Crippen LogP contribution in [0.25, 0.3) is 79.8 Å². The fraction of sp³-hybridized carbons (Fsp3) is 0.0714. The van der Waals surface area contributed by atoms with E-state index in [0.717, 1.165) is 61.3 Å². The summed E-state index contributed by atoms with van der Waals surface area (Å²) < 4.78 is 5.77. The van der Waals surface area contributed by atoms with Gasteiger partial charge in [-0.2, -0.15) is 0 Å². The summed E-state index contributed by atoms with van der Waals surface area (Å²) >= 11 is 0. The molecule has 49 heavy (non-hydrogen) atoms. The molecule has 0 unspecified atom stereocenters. The van der Waals surface area contributed by atoms with Gasteiger partial charge in [0.1, 0.15) is 0 Å². The van der Waals surface area contributed by atoms with Crippen LogP contribution in [0.3, 0.4) is 0 Å². The molecule has 1 atom stereocenters. The lowest BCUT2D eigenvalue weighted by Gasteiger charge is -2.24. The van der Waals surface area contributed by atoms with E-state index in [-0.39, 0.29) is 0 Å². The molecule has 2 aliphatic heterocycles. The van der Waals surface area contributed by atoms with Crippen molar-refractivity contribution in [3.05, 3.63) is 144 Å². The zero-order valence-corrected chi connectivity index (χ0v) is 26.9. The third kappa shape index (κ3) is 5.17. The Hall–Kier alpha value is -6.31. The maximum atomic E-state index is 12.9. The molecular formula is C42H32N4O3. The van der Waals surface area contributed by atoms with Crippen LogP contribution in [0.4, 0.5) is 0 Å². The number of aliphatic carboxylic acids is 1. The van der Waals surface area contributed by atoms with Crippen LogP contribution in [0.5, 0.6) is 0 Å². The predicted molar refractivity (Wildman–Crippen MR) is 197 cm³/mol. The molecule has 3 aromatic heterocycles. The molecule has 0 aliphatic carbocycles. The van der Waals surface area contributed by atoms with Gasteiger partial charge in [0.2, 0.25) is 0 Å². The summed E-state index contributed by atoms with van der Waals surface area (Å²) in [6.45, 7) is 1.56. The molecule has 0 fully saturated rings. The minimum atomic E-state index is -1.71. The molecule has 7 nitrogen and oxygen atoms in total. The van der Waals surface area contributed by atoms with E-state index in [4.69, 9.17) is 14.7 Å². The summed E-state index contributed by atoms with van der Waals surface area (Å²) in [6.07, 6.45) is 7.89. The van der Waals surface area contributed by atoms with Crippen molar-refractivity contribution in [1.82, 2.24) is 19.9 Å². The lowest BCUT2D eigenvalue weighted by molar-refractivity contribution is -0.161. The van der Waals surface area contributed by atoms with Crippen LogP contribution in [-0.2, 0) is 15.1 Å². The van der Waals surface area contributed by atoms with Gasteiger partial charge in [0, 0.05) is 51.4 Å². The van der Waals surface area contributed by atoms with Crippen molar-refractivity contribution in [2.24, 2.45) is 0 Å². The van der Waals surface area contributed by atoms with Crippen LogP contribution in [0.2, 0.25) is 0 Å². The Kier molecular flexibility index (Phi) is 7.39. The maximum Gasteiger partial charge on any atom is 0.340 e. The molecular weight excluding hydrogens is 608 g/mol. The zero-order chi connectivity index (χ0) is 33.5. The van der Waals surface area contributed by atoms with Gasteiger partial charge in [-0.25, -0.2) is 14.8 Å². The molecule has 8 rings (SSSR count). The SMILES string of the molecule is CO[C@@](C)(C(=O)O)c1c2nc(c(-c3ccccc3)c3ccc([nH]3)c(-c3ccccc3)c3nc(c(-c4ccccc4)c4ccc1[nH]4)C=C3)C=C2. The third-order valence-corrected chi connectivity index (χ3v) is 9.23. The Morgan fingerprint density at radius 2 is 0.898 bits per heavy atom. The van der Waals surface area contributed by atoms with Gasteiger partial charge in [0.25, 0.3) is 0 Å². The molecule has 238 valence electrons. The summed E-state index contributed by atoms with van der Waals surface area (Å²) in [4.78, 5) is 30.6. The first-order valence-corrected chi connectivity index (χ1v) is 16.1. The number of hydrogen-bond acceptors (Lipinski definition) is 4. The Bertz CT molecular complexity index is 2420. The first-order valence-electron chi connectivity index (χ1n) is 16.1. The number of aromatic nitrogens is 4. The van der Waals surface area contributed by atoms with Crippen molar-refractivity contribution < 1.29 is 14.6 Å². The number of carboxylic acids is 1. The molecule has 0 saturated carbocycles. The second-order valence-electron chi connectivity index (χ2n) is 12.1. The number of aromatic amines is 2. The average molecular weight is 641 g/mol. The highest BCUT2D eigenvalue weighted by Crippen LogP contribution is 2.39. The number of nitrogens with one attached hydrogen (secondary N) is 2. The fourth-order valence-electron chi connectivity index (χ4n) is 6.73. The Morgan fingerprint density at radius 3 is 1.29 bits per heavy atom. The van der Waals surface area contributed by atoms with Gasteiger partial charge < -0.3 is 19.8 Å². The highest BCUT2D eigenvalue weighted by molar-refractivity contribution is 5.98. The minimum absolute atomic E-state index is 0.412. The highest BCUT2D eigenvalue weighted by Gasteiger charge is 2.39. The van der Waals surface area contributed by atoms with Crippen LogP contribution in [0, 0.1) is 0 Å². The molecule has 6 aromatic rings. The minimum Gasteiger partial charge on any atom is -0.479 e. The van der Waals surface area contributed by atoms with Crippen molar-refractivity contribution in [1.29, 1.82) is 0 Å². The molecule has 2 aliphatic rings. The zero-order valence-electron chi connectivity index (χ0n) is 26.9. The maximum absolute atomic E-state index is 12.9. The first kappa shape index (κ1) is 30.1. The van der Waals surface area contributed by atoms with E-state index in [1.54, 1.807) is 6.92 Å². The Morgan fingerprint density at radius 1 is 0.551 bits per heavy atom. The molecule has 0 saturated heterocycles. The molecule has 0 amide bonds. The Labute approximate surface area is 283 Å². The number of nitrogens with zero attached hydrogens (tertiary/aromatic N) is 2. The van der Waals surface area contributed by atoms with Gasteiger partial charge in [0.15, 0.2) is 5.60 Å². The second kappa shape index (κ2) is 12.0. The lowest BCUT2D eigenvalue weighted by Crippen LogP contribution is -2.35.